The van der Waals surface area contributed by atoms with Gasteiger partial charge in [-0.2, -0.15) is 4.98 Å². The average molecular weight is 399 g/mol. The molecule has 0 spiro atoms. The standard InChI is InChI=1S/C19H19BrN4O/c1-12-11-21-19(24-18(12)22-14-6-4-3-5-7-14)23-15-8-9-17(20)16(10-15)13(2)25/h3-11,13,25H,1-2H3,(H2,21,22,23,24). The zero-order chi connectivity index (χ0) is 17.8. The lowest BCUT2D eigenvalue weighted by Crippen LogP contribution is -2.03. The van der Waals surface area contributed by atoms with Gasteiger partial charge in [-0.3, -0.25) is 0 Å². The van der Waals surface area contributed by atoms with Gasteiger partial charge in [-0.15, -0.1) is 0 Å². The maximum absolute atomic E-state index is 9.84. The molecule has 0 aliphatic heterocycles. The first-order chi connectivity index (χ1) is 12.0. The van der Waals surface area contributed by atoms with E-state index in [4.69, 9.17) is 0 Å². The quantitative estimate of drug-likeness (QED) is 0.558. The number of rotatable bonds is 5. The topological polar surface area (TPSA) is 70.1 Å². The third-order valence-electron chi connectivity index (χ3n) is 3.71. The summed E-state index contributed by atoms with van der Waals surface area (Å²) in [4.78, 5) is 8.89. The number of nitrogens with one attached hydrogen (secondary N) is 2. The Balaban J connectivity index is 1.84. The van der Waals surface area contributed by atoms with Crippen LogP contribution in [0.4, 0.5) is 23.1 Å². The van der Waals surface area contributed by atoms with Gasteiger partial charge in [0, 0.05) is 27.6 Å². The molecular formula is C19H19BrN4O. The number of hydrogen-bond acceptors (Lipinski definition) is 5. The fourth-order valence-corrected chi connectivity index (χ4v) is 2.94. The van der Waals surface area contributed by atoms with Gasteiger partial charge in [0.05, 0.1) is 6.10 Å². The Morgan fingerprint density at radius 1 is 1.04 bits per heavy atom. The summed E-state index contributed by atoms with van der Waals surface area (Å²) in [7, 11) is 0. The van der Waals surface area contributed by atoms with Crippen molar-refractivity contribution in [2.45, 2.75) is 20.0 Å². The van der Waals surface area contributed by atoms with E-state index in [1.807, 2.05) is 55.5 Å². The Kier molecular flexibility index (Phi) is 5.31. The van der Waals surface area contributed by atoms with Crippen LogP contribution >= 0.6 is 15.9 Å². The van der Waals surface area contributed by atoms with Gasteiger partial charge in [0.2, 0.25) is 5.95 Å². The number of para-hydroxylation sites is 1. The summed E-state index contributed by atoms with van der Waals surface area (Å²) in [5.41, 5.74) is 3.54. The molecule has 0 bridgehead atoms. The van der Waals surface area contributed by atoms with Crippen molar-refractivity contribution < 1.29 is 5.11 Å². The van der Waals surface area contributed by atoms with Gasteiger partial charge in [-0.1, -0.05) is 34.1 Å². The molecule has 0 radical (unpaired) electrons. The molecule has 0 aliphatic carbocycles. The van der Waals surface area contributed by atoms with Crippen molar-refractivity contribution in [3.05, 3.63) is 70.3 Å². The summed E-state index contributed by atoms with van der Waals surface area (Å²) in [5, 5.41) is 16.3. The fraction of sp³-hybridized carbons (Fsp3) is 0.158. The minimum absolute atomic E-state index is 0.489. The molecule has 1 unspecified atom stereocenters. The van der Waals surface area contributed by atoms with Crippen LogP contribution in [0.2, 0.25) is 0 Å². The lowest BCUT2D eigenvalue weighted by molar-refractivity contribution is 0.198. The summed E-state index contributed by atoms with van der Waals surface area (Å²) in [5.74, 6) is 1.24. The number of aromatic nitrogens is 2. The van der Waals surface area contributed by atoms with E-state index >= 15 is 0 Å². The maximum Gasteiger partial charge on any atom is 0.229 e. The molecule has 25 heavy (non-hydrogen) atoms. The van der Waals surface area contributed by atoms with Crippen LogP contribution in [0.3, 0.4) is 0 Å². The molecule has 0 saturated heterocycles. The van der Waals surface area contributed by atoms with Crippen molar-refractivity contribution in [2.75, 3.05) is 10.6 Å². The van der Waals surface area contributed by atoms with E-state index in [1.54, 1.807) is 13.1 Å². The summed E-state index contributed by atoms with van der Waals surface area (Å²) < 4.78 is 0.865. The number of halogens is 1. The molecule has 6 heteroatoms. The molecule has 0 amide bonds. The zero-order valence-electron chi connectivity index (χ0n) is 14.0. The van der Waals surface area contributed by atoms with Crippen LogP contribution in [-0.4, -0.2) is 15.1 Å². The van der Waals surface area contributed by atoms with Crippen LogP contribution in [-0.2, 0) is 0 Å². The first kappa shape index (κ1) is 17.4. The van der Waals surface area contributed by atoms with Gasteiger partial charge in [0.25, 0.3) is 0 Å². The van der Waals surface area contributed by atoms with Crippen LogP contribution in [0.1, 0.15) is 24.2 Å². The highest BCUT2D eigenvalue weighted by molar-refractivity contribution is 9.10. The second-order valence-corrected chi connectivity index (χ2v) is 6.61. The first-order valence-electron chi connectivity index (χ1n) is 7.93. The van der Waals surface area contributed by atoms with Crippen LogP contribution in [0, 0.1) is 6.92 Å². The summed E-state index contributed by atoms with van der Waals surface area (Å²) in [6.07, 6.45) is 1.21. The predicted octanol–water partition coefficient (Wildman–Crippen LogP) is 5.09. The van der Waals surface area contributed by atoms with E-state index in [1.165, 1.54) is 0 Å². The van der Waals surface area contributed by atoms with Crippen LogP contribution < -0.4 is 10.6 Å². The number of nitrogens with zero attached hydrogens (tertiary/aromatic N) is 2. The lowest BCUT2D eigenvalue weighted by Gasteiger charge is -2.13. The van der Waals surface area contributed by atoms with Crippen molar-refractivity contribution in [2.24, 2.45) is 0 Å². The monoisotopic (exact) mass is 398 g/mol. The molecule has 5 nitrogen and oxygen atoms in total. The predicted molar refractivity (Wildman–Crippen MR) is 105 cm³/mol. The molecule has 3 rings (SSSR count). The van der Waals surface area contributed by atoms with Gasteiger partial charge in [0.1, 0.15) is 5.82 Å². The van der Waals surface area contributed by atoms with Crippen LogP contribution in [0.25, 0.3) is 0 Å². The minimum atomic E-state index is -0.564. The van der Waals surface area contributed by atoms with Crippen molar-refractivity contribution in [1.82, 2.24) is 9.97 Å². The molecule has 1 atom stereocenters. The van der Waals surface area contributed by atoms with Crippen LogP contribution in [0.15, 0.2) is 59.2 Å². The Hall–Kier alpha value is -2.44. The summed E-state index contributed by atoms with van der Waals surface area (Å²) in [6.45, 7) is 3.69. The number of benzene rings is 2. The molecule has 0 aliphatic rings. The first-order valence-corrected chi connectivity index (χ1v) is 8.72. The molecule has 3 N–H and O–H groups in total. The second kappa shape index (κ2) is 7.63. The lowest BCUT2D eigenvalue weighted by atomic mass is 10.1. The molecule has 2 aromatic carbocycles. The van der Waals surface area contributed by atoms with Gasteiger partial charge >= 0.3 is 0 Å². The summed E-state index contributed by atoms with van der Waals surface area (Å²) >= 11 is 3.45. The van der Waals surface area contributed by atoms with E-state index in [9.17, 15) is 5.11 Å². The molecule has 0 fully saturated rings. The molecule has 3 aromatic rings. The number of hydrogen-bond donors (Lipinski definition) is 3. The molecule has 0 saturated carbocycles. The van der Waals surface area contributed by atoms with E-state index in [0.717, 1.165) is 32.8 Å². The molecular weight excluding hydrogens is 380 g/mol. The highest BCUT2D eigenvalue weighted by Crippen LogP contribution is 2.28. The van der Waals surface area contributed by atoms with Crippen molar-refractivity contribution in [1.29, 1.82) is 0 Å². The van der Waals surface area contributed by atoms with Crippen LogP contribution in [0.5, 0.6) is 0 Å². The minimum Gasteiger partial charge on any atom is -0.389 e. The smallest absolute Gasteiger partial charge is 0.229 e. The molecule has 1 aromatic heterocycles. The highest BCUT2D eigenvalue weighted by atomic mass is 79.9. The van der Waals surface area contributed by atoms with Gasteiger partial charge in [-0.05, 0) is 49.7 Å². The number of anilines is 4. The molecule has 128 valence electrons. The Bertz CT molecular complexity index is 869. The fourth-order valence-electron chi connectivity index (χ4n) is 2.36. The van der Waals surface area contributed by atoms with Crippen molar-refractivity contribution >= 4 is 39.1 Å². The highest BCUT2D eigenvalue weighted by Gasteiger charge is 2.09. The summed E-state index contributed by atoms with van der Waals surface area (Å²) in [6, 6.07) is 15.6. The third-order valence-corrected chi connectivity index (χ3v) is 4.43. The van der Waals surface area contributed by atoms with Crippen molar-refractivity contribution in [3.63, 3.8) is 0 Å². The van der Waals surface area contributed by atoms with E-state index < -0.39 is 6.10 Å². The van der Waals surface area contributed by atoms with Gasteiger partial charge < -0.3 is 15.7 Å². The van der Waals surface area contributed by atoms with E-state index in [2.05, 4.69) is 36.5 Å². The van der Waals surface area contributed by atoms with E-state index in [-0.39, 0.29) is 0 Å². The SMILES string of the molecule is Cc1cnc(Nc2ccc(Br)c(C(C)O)c2)nc1Nc1ccccc1. The molecule has 1 heterocycles. The largest absolute Gasteiger partial charge is 0.389 e. The third kappa shape index (κ3) is 4.35. The maximum atomic E-state index is 9.84. The number of aliphatic hydroxyl groups excluding tert-OH is 1. The normalized spacial score (nSPS) is 11.8. The Morgan fingerprint density at radius 3 is 2.52 bits per heavy atom. The Labute approximate surface area is 155 Å². The second-order valence-electron chi connectivity index (χ2n) is 5.75. The van der Waals surface area contributed by atoms with E-state index in [0.29, 0.717) is 5.95 Å². The Morgan fingerprint density at radius 2 is 1.80 bits per heavy atom. The zero-order valence-corrected chi connectivity index (χ0v) is 15.6. The number of aliphatic hydroxyl groups is 1. The van der Waals surface area contributed by atoms with Crippen molar-refractivity contribution in [3.8, 4) is 0 Å². The average Bonchev–Trinajstić information content (AvgIpc) is 2.60. The van der Waals surface area contributed by atoms with Gasteiger partial charge in [0.15, 0.2) is 0 Å². The van der Waals surface area contributed by atoms with Gasteiger partial charge in [-0.25, -0.2) is 4.98 Å². The number of aryl methyl sites for hydroxylation is 1.